The smallest absolute Gasteiger partial charge is 0.227 e. The summed E-state index contributed by atoms with van der Waals surface area (Å²) in [5.41, 5.74) is 0. The molecule has 1 aliphatic rings. The van der Waals surface area contributed by atoms with Gasteiger partial charge in [0.2, 0.25) is 5.91 Å². The van der Waals surface area contributed by atoms with Gasteiger partial charge in [-0.25, -0.2) is 0 Å². The quantitative estimate of drug-likeness (QED) is 0.759. The van der Waals surface area contributed by atoms with Crippen LogP contribution in [0.15, 0.2) is 0 Å². The molecule has 0 aromatic heterocycles. The summed E-state index contributed by atoms with van der Waals surface area (Å²) in [7, 11) is 1.68. The van der Waals surface area contributed by atoms with Gasteiger partial charge in [-0.15, -0.1) is 0 Å². The zero-order valence-corrected chi connectivity index (χ0v) is 11.5. The SMILES string of the molecule is COCCN(CC(C)C)C(=O)C1CCNC1C. The first-order valence-corrected chi connectivity index (χ1v) is 6.57. The highest BCUT2D eigenvalue weighted by Crippen LogP contribution is 2.18. The van der Waals surface area contributed by atoms with Crippen LogP contribution in [0, 0.1) is 11.8 Å². The highest BCUT2D eigenvalue weighted by atomic mass is 16.5. The molecule has 17 heavy (non-hydrogen) atoms. The van der Waals surface area contributed by atoms with E-state index < -0.39 is 0 Å². The fourth-order valence-corrected chi connectivity index (χ4v) is 2.36. The van der Waals surface area contributed by atoms with Gasteiger partial charge in [-0.2, -0.15) is 0 Å². The molecule has 2 atom stereocenters. The fourth-order valence-electron chi connectivity index (χ4n) is 2.36. The van der Waals surface area contributed by atoms with Crippen LogP contribution in [0.2, 0.25) is 0 Å². The molecule has 4 heteroatoms. The number of methoxy groups -OCH3 is 1. The monoisotopic (exact) mass is 242 g/mol. The van der Waals surface area contributed by atoms with E-state index in [0.717, 1.165) is 19.5 Å². The van der Waals surface area contributed by atoms with E-state index >= 15 is 0 Å². The van der Waals surface area contributed by atoms with E-state index in [0.29, 0.717) is 25.1 Å². The van der Waals surface area contributed by atoms with Crippen molar-refractivity contribution in [3.05, 3.63) is 0 Å². The Hall–Kier alpha value is -0.610. The van der Waals surface area contributed by atoms with E-state index in [4.69, 9.17) is 4.74 Å². The van der Waals surface area contributed by atoms with Crippen LogP contribution in [0.1, 0.15) is 27.2 Å². The molecule has 1 saturated heterocycles. The third-order valence-electron chi connectivity index (χ3n) is 3.30. The number of carbonyl (C=O) groups is 1. The second-order valence-electron chi connectivity index (χ2n) is 5.31. The molecule has 1 amide bonds. The maximum atomic E-state index is 12.4. The zero-order valence-electron chi connectivity index (χ0n) is 11.5. The van der Waals surface area contributed by atoms with Crippen molar-refractivity contribution >= 4 is 5.91 Å². The molecule has 1 aliphatic heterocycles. The summed E-state index contributed by atoms with van der Waals surface area (Å²) >= 11 is 0. The van der Waals surface area contributed by atoms with Crippen LogP contribution in [0.4, 0.5) is 0 Å². The summed E-state index contributed by atoms with van der Waals surface area (Å²) in [5.74, 6) is 0.930. The van der Waals surface area contributed by atoms with Crippen molar-refractivity contribution in [1.29, 1.82) is 0 Å². The van der Waals surface area contributed by atoms with Gasteiger partial charge in [0.15, 0.2) is 0 Å². The first kappa shape index (κ1) is 14.5. The van der Waals surface area contributed by atoms with Crippen LogP contribution in [0.3, 0.4) is 0 Å². The first-order valence-electron chi connectivity index (χ1n) is 6.57. The number of rotatable bonds is 6. The standard InChI is InChI=1S/C13H26N2O2/c1-10(2)9-15(7-8-17-4)13(16)12-5-6-14-11(12)3/h10-12,14H,5-9H2,1-4H3. The van der Waals surface area contributed by atoms with Gasteiger partial charge in [0.25, 0.3) is 0 Å². The Morgan fingerprint density at radius 2 is 2.24 bits per heavy atom. The molecule has 100 valence electrons. The Morgan fingerprint density at radius 1 is 1.53 bits per heavy atom. The second-order valence-corrected chi connectivity index (χ2v) is 5.31. The molecule has 0 bridgehead atoms. The van der Waals surface area contributed by atoms with Crippen LogP contribution >= 0.6 is 0 Å². The van der Waals surface area contributed by atoms with Gasteiger partial charge in [0, 0.05) is 26.2 Å². The van der Waals surface area contributed by atoms with Crippen molar-refractivity contribution < 1.29 is 9.53 Å². The predicted octanol–water partition coefficient (Wildman–Crippen LogP) is 1.12. The van der Waals surface area contributed by atoms with Gasteiger partial charge in [0.1, 0.15) is 0 Å². The maximum Gasteiger partial charge on any atom is 0.227 e. The van der Waals surface area contributed by atoms with Gasteiger partial charge in [-0.1, -0.05) is 13.8 Å². The summed E-state index contributed by atoms with van der Waals surface area (Å²) in [5, 5.41) is 3.34. The number of hydrogen-bond acceptors (Lipinski definition) is 3. The minimum absolute atomic E-state index is 0.144. The van der Waals surface area contributed by atoms with E-state index in [-0.39, 0.29) is 11.8 Å². The lowest BCUT2D eigenvalue weighted by Gasteiger charge is -2.28. The second kappa shape index (κ2) is 6.97. The van der Waals surface area contributed by atoms with E-state index in [1.807, 2.05) is 4.90 Å². The molecule has 2 unspecified atom stereocenters. The van der Waals surface area contributed by atoms with Crippen LogP contribution < -0.4 is 5.32 Å². The molecule has 0 spiro atoms. The number of nitrogens with one attached hydrogen (secondary N) is 1. The van der Waals surface area contributed by atoms with E-state index in [2.05, 4.69) is 26.1 Å². The van der Waals surface area contributed by atoms with Crippen molar-refractivity contribution in [3.8, 4) is 0 Å². The molecule has 1 rings (SSSR count). The van der Waals surface area contributed by atoms with Crippen molar-refractivity contribution in [3.63, 3.8) is 0 Å². The van der Waals surface area contributed by atoms with E-state index in [1.54, 1.807) is 7.11 Å². The first-order chi connectivity index (χ1) is 8.06. The lowest BCUT2D eigenvalue weighted by atomic mass is 10.00. The third-order valence-corrected chi connectivity index (χ3v) is 3.30. The highest BCUT2D eigenvalue weighted by molar-refractivity contribution is 5.80. The summed E-state index contributed by atoms with van der Waals surface area (Å²) in [6.07, 6.45) is 0.960. The molecular formula is C13H26N2O2. The van der Waals surface area contributed by atoms with Crippen LogP contribution in [-0.2, 0) is 9.53 Å². The van der Waals surface area contributed by atoms with Crippen LogP contribution in [-0.4, -0.2) is 50.2 Å². The number of nitrogens with zero attached hydrogens (tertiary/aromatic N) is 1. The summed E-state index contributed by atoms with van der Waals surface area (Å²) in [4.78, 5) is 14.4. The molecule has 0 aliphatic carbocycles. The Bertz CT molecular complexity index is 244. The Labute approximate surface area is 105 Å². The van der Waals surface area contributed by atoms with Crippen LogP contribution in [0.25, 0.3) is 0 Å². The number of amides is 1. The fraction of sp³-hybridized carbons (Fsp3) is 0.923. The highest BCUT2D eigenvalue weighted by Gasteiger charge is 2.32. The number of hydrogen-bond donors (Lipinski definition) is 1. The average Bonchev–Trinajstić information content (AvgIpc) is 2.69. The molecular weight excluding hydrogens is 216 g/mol. The molecule has 0 saturated carbocycles. The van der Waals surface area contributed by atoms with E-state index in [1.165, 1.54) is 0 Å². The summed E-state index contributed by atoms with van der Waals surface area (Å²) in [6.45, 7) is 9.48. The molecule has 1 heterocycles. The topological polar surface area (TPSA) is 41.6 Å². The zero-order chi connectivity index (χ0) is 12.8. The predicted molar refractivity (Wildman–Crippen MR) is 68.9 cm³/mol. The lowest BCUT2D eigenvalue weighted by Crippen LogP contribution is -2.43. The van der Waals surface area contributed by atoms with Crippen LogP contribution in [0.5, 0.6) is 0 Å². The normalized spacial score (nSPS) is 24.3. The molecule has 1 fully saturated rings. The Morgan fingerprint density at radius 3 is 2.71 bits per heavy atom. The minimum Gasteiger partial charge on any atom is -0.383 e. The number of ether oxygens (including phenoxy) is 1. The Kier molecular flexibility index (Phi) is 5.92. The molecule has 0 aromatic rings. The molecule has 0 radical (unpaired) electrons. The Balaban J connectivity index is 2.57. The van der Waals surface area contributed by atoms with Crippen molar-refractivity contribution in [2.45, 2.75) is 33.2 Å². The minimum atomic E-state index is 0.144. The average molecular weight is 242 g/mol. The van der Waals surface area contributed by atoms with Gasteiger partial charge < -0.3 is 15.0 Å². The molecule has 1 N–H and O–H groups in total. The van der Waals surface area contributed by atoms with Gasteiger partial charge >= 0.3 is 0 Å². The van der Waals surface area contributed by atoms with Crippen molar-refractivity contribution in [2.75, 3.05) is 33.4 Å². The number of carbonyl (C=O) groups excluding carboxylic acids is 1. The van der Waals surface area contributed by atoms with Gasteiger partial charge in [0.05, 0.1) is 12.5 Å². The summed E-state index contributed by atoms with van der Waals surface area (Å²) < 4.78 is 5.08. The molecule has 4 nitrogen and oxygen atoms in total. The maximum absolute atomic E-state index is 12.4. The largest absolute Gasteiger partial charge is 0.383 e. The van der Waals surface area contributed by atoms with Gasteiger partial charge in [-0.3, -0.25) is 4.79 Å². The lowest BCUT2D eigenvalue weighted by molar-refractivity contribution is -0.136. The summed E-state index contributed by atoms with van der Waals surface area (Å²) in [6, 6.07) is 0.305. The van der Waals surface area contributed by atoms with Gasteiger partial charge in [-0.05, 0) is 25.8 Å². The van der Waals surface area contributed by atoms with Crippen molar-refractivity contribution in [2.24, 2.45) is 11.8 Å². The van der Waals surface area contributed by atoms with Crippen molar-refractivity contribution in [1.82, 2.24) is 10.2 Å². The molecule has 0 aromatic carbocycles. The third kappa shape index (κ3) is 4.28. The van der Waals surface area contributed by atoms with E-state index in [9.17, 15) is 4.79 Å².